The summed E-state index contributed by atoms with van der Waals surface area (Å²) >= 11 is 0. The molecule has 3 N–H and O–H groups in total. The Balaban J connectivity index is 3.54. The van der Waals surface area contributed by atoms with E-state index in [1.165, 1.54) is 64.2 Å². The van der Waals surface area contributed by atoms with Crippen LogP contribution in [0.25, 0.3) is 0 Å². The predicted molar refractivity (Wildman–Crippen MR) is 145 cm³/mol. The lowest BCUT2D eigenvalue weighted by Gasteiger charge is -2.13. The molecule has 0 aliphatic heterocycles. The molecule has 36 heavy (non-hydrogen) atoms. The quantitative estimate of drug-likeness (QED) is 0.104. The molecule has 1 atom stereocenters. The Kier molecular flexibility index (Phi) is 23.9. The van der Waals surface area contributed by atoms with E-state index in [-0.39, 0.29) is 25.2 Å². The largest absolute Gasteiger partial charge is 0.481 e. The highest BCUT2D eigenvalue weighted by Gasteiger charge is 2.20. The zero-order valence-electron chi connectivity index (χ0n) is 22.5. The molecule has 0 radical (unpaired) electrons. The number of hydrogen-bond donors (Lipinski definition) is 3. The molecule has 0 unspecified atom stereocenters. The van der Waals surface area contributed by atoms with Crippen LogP contribution in [0, 0.1) is 23.7 Å². The maximum absolute atomic E-state index is 11.9. The first-order chi connectivity index (χ1) is 17.5. The van der Waals surface area contributed by atoms with Gasteiger partial charge in [0.05, 0.1) is 0 Å². The number of unbranched alkanes of at least 4 members (excludes halogenated alkanes) is 16. The van der Waals surface area contributed by atoms with Gasteiger partial charge in [0.2, 0.25) is 5.91 Å². The minimum Gasteiger partial charge on any atom is -0.481 e. The van der Waals surface area contributed by atoms with Gasteiger partial charge in [-0.2, -0.15) is 0 Å². The zero-order valence-corrected chi connectivity index (χ0v) is 22.5. The fourth-order valence-corrected chi connectivity index (χ4v) is 3.91. The first-order valence-electron chi connectivity index (χ1n) is 14.2. The highest BCUT2D eigenvalue weighted by Crippen LogP contribution is 2.11. The Morgan fingerprint density at radius 2 is 1.08 bits per heavy atom. The SMILES string of the molecule is CCCCCCCCCCCCC#CC#CCCCCCCCCC(=O)N[C@@H](CCC(=O)O)C(=O)O. The van der Waals surface area contributed by atoms with Gasteiger partial charge in [-0.1, -0.05) is 102 Å². The molecule has 0 fully saturated rings. The van der Waals surface area contributed by atoms with Crippen LogP contribution < -0.4 is 5.32 Å². The zero-order chi connectivity index (χ0) is 26.7. The lowest BCUT2D eigenvalue weighted by molar-refractivity contribution is -0.143. The van der Waals surface area contributed by atoms with Gasteiger partial charge in [-0.05, 0) is 37.5 Å². The van der Waals surface area contributed by atoms with E-state index in [1.54, 1.807) is 0 Å². The molecule has 0 saturated heterocycles. The molecule has 0 rings (SSSR count). The van der Waals surface area contributed by atoms with Gasteiger partial charge >= 0.3 is 11.9 Å². The number of nitrogens with one attached hydrogen (secondary N) is 1. The molecule has 0 aliphatic rings. The van der Waals surface area contributed by atoms with Crippen molar-refractivity contribution in [3.05, 3.63) is 0 Å². The second-order valence-corrected chi connectivity index (χ2v) is 9.55. The molecule has 1 amide bonds. The van der Waals surface area contributed by atoms with Gasteiger partial charge in [0.25, 0.3) is 0 Å². The van der Waals surface area contributed by atoms with Crippen molar-refractivity contribution in [2.75, 3.05) is 0 Å². The molecule has 0 aromatic heterocycles. The minimum atomic E-state index is -1.20. The highest BCUT2D eigenvalue weighted by atomic mass is 16.4. The Bertz CT molecular complexity index is 710. The molecule has 0 aromatic rings. The normalized spacial score (nSPS) is 11.0. The van der Waals surface area contributed by atoms with Crippen molar-refractivity contribution >= 4 is 17.8 Å². The molecule has 0 spiro atoms. The third-order valence-corrected chi connectivity index (χ3v) is 6.13. The van der Waals surface area contributed by atoms with E-state index in [1.807, 2.05) is 0 Å². The number of carboxylic acid groups (broad SMARTS) is 2. The standard InChI is InChI=1S/C30H49NO5/c1-2-3-4-5-6-7-8-9-10-11-12-13-14-15-16-17-18-19-20-21-22-23-24-28(32)31-27(30(35)36)25-26-29(33)34/h27H,2-12,17-26H2,1H3,(H,31,32)(H,33,34)(H,35,36)/t27-/m0/s1. The first-order valence-corrected chi connectivity index (χ1v) is 14.2. The van der Waals surface area contributed by atoms with E-state index in [4.69, 9.17) is 10.2 Å². The van der Waals surface area contributed by atoms with Crippen LogP contribution in [0.2, 0.25) is 0 Å². The lowest BCUT2D eigenvalue weighted by Crippen LogP contribution is -2.41. The van der Waals surface area contributed by atoms with Gasteiger partial charge in [0, 0.05) is 25.7 Å². The number of carbonyl (C=O) groups is 3. The average Bonchev–Trinajstić information content (AvgIpc) is 2.84. The third kappa shape index (κ3) is 24.6. The summed E-state index contributed by atoms with van der Waals surface area (Å²) in [5.41, 5.74) is 0. The molecular formula is C30H49NO5. The van der Waals surface area contributed by atoms with Crippen LogP contribution in [-0.2, 0) is 14.4 Å². The Labute approximate surface area is 219 Å². The summed E-state index contributed by atoms with van der Waals surface area (Å²) in [5, 5.41) is 20.1. The van der Waals surface area contributed by atoms with E-state index in [9.17, 15) is 14.4 Å². The molecule has 6 heteroatoms. The van der Waals surface area contributed by atoms with E-state index in [2.05, 4.69) is 35.9 Å². The van der Waals surface area contributed by atoms with E-state index < -0.39 is 18.0 Å². The third-order valence-electron chi connectivity index (χ3n) is 6.13. The smallest absolute Gasteiger partial charge is 0.326 e. The van der Waals surface area contributed by atoms with Crippen molar-refractivity contribution in [2.45, 2.75) is 148 Å². The van der Waals surface area contributed by atoms with E-state index >= 15 is 0 Å². The van der Waals surface area contributed by atoms with Crippen LogP contribution >= 0.6 is 0 Å². The maximum atomic E-state index is 11.9. The van der Waals surface area contributed by atoms with E-state index in [0.717, 1.165) is 44.9 Å². The second-order valence-electron chi connectivity index (χ2n) is 9.55. The molecule has 0 aromatic carbocycles. The summed E-state index contributed by atoms with van der Waals surface area (Å²) in [6.07, 6.45) is 21.0. The summed E-state index contributed by atoms with van der Waals surface area (Å²) in [4.78, 5) is 33.5. The van der Waals surface area contributed by atoms with Crippen molar-refractivity contribution < 1.29 is 24.6 Å². The Morgan fingerprint density at radius 3 is 1.53 bits per heavy atom. The Morgan fingerprint density at radius 1 is 0.639 bits per heavy atom. The summed E-state index contributed by atoms with van der Waals surface area (Å²) < 4.78 is 0. The topological polar surface area (TPSA) is 104 Å². The molecule has 6 nitrogen and oxygen atoms in total. The van der Waals surface area contributed by atoms with Gasteiger partial charge in [-0.15, -0.1) is 0 Å². The van der Waals surface area contributed by atoms with Crippen molar-refractivity contribution in [1.29, 1.82) is 0 Å². The van der Waals surface area contributed by atoms with E-state index in [0.29, 0.717) is 6.42 Å². The number of hydrogen-bond acceptors (Lipinski definition) is 3. The van der Waals surface area contributed by atoms with Crippen LogP contribution in [0.3, 0.4) is 0 Å². The van der Waals surface area contributed by atoms with Crippen LogP contribution in [0.4, 0.5) is 0 Å². The van der Waals surface area contributed by atoms with Crippen LogP contribution in [0.5, 0.6) is 0 Å². The van der Waals surface area contributed by atoms with Gasteiger partial charge < -0.3 is 15.5 Å². The number of aliphatic carboxylic acids is 2. The molecule has 0 aliphatic carbocycles. The molecular weight excluding hydrogens is 454 g/mol. The maximum Gasteiger partial charge on any atom is 0.326 e. The molecule has 0 heterocycles. The highest BCUT2D eigenvalue weighted by molar-refractivity contribution is 5.83. The van der Waals surface area contributed by atoms with Gasteiger partial charge in [-0.3, -0.25) is 9.59 Å². The Hall–Kier alpha value is -2.47. The van der Waals surface area contributed by atoms with Crippen LogP contribution in [-0.4, -0.2) is 34.1 Å². The fourth-order valence-electron chi connectivity index (χ4n) is 3.91. The van der Waals surface area contributed by atoms with Gasteiger partial charge in [0.1, 0.15) is 6.04 Å². The van der Waals surface area contributed by atoms with Crippen molar-refractivity contribution in [2.24, 2.45) is 0 Å². The number of rotatable bonds is 23. The second kappa shape index (κ2) is 25.6. The predicted octanol–water partition coefficient (Wildman–Crippen LogP) is 6.86. The summed E-state index contributed by atoms with van der Waals surface area (Å²) in [5.74, 6) is 9.59. The van der Waals surface area contributed by atoms with Gasteiger partial charge in [0.15, 0.2) is 0 Å². The molecule has 0 saturated carbocycles. The van der Waals surface area contributed by atoms with Crippen LogP contribution in [0.1, 0.15) is 142 Å². The monoisotopic (exact) mass is 503 g/mol. The summed E-state index contributed by atoms with van der Waals surface area (Å²) in [7, 11) is 0. The lowest BCUT2D eigenvalue weighted by atomic mass is 10.1. The number of amides is 1. The van der Waals surface area contributed by atoms with Crippen molar-refractivity contribution in [3.8, 4) is 23.7 Å². The minimum absolute atomic E-state index is 0.107. The van der Waals surface area contributed by atoms with Gasteiger partial charge in [-0.25, -0.2) is 4.79 Å². The molecule has 0 bridgehead atoms. The first kappa shape index (κ1) is 33.5. The fraction of sp³-hybridized carbons (Fsp3) is 0.767. The summed E-state index contributed by atoms with van der Waals surface area (Å²) in [6, 6.07) is -1.14. The van der Waals surface area contributed by atoms with Crippen molar-refractivity contribution in [3.63, 3.8) is 0 Å². The number of carbonyl (C=O) groups excluding carboxylic acids is 1. The summed E-state index contributed by atoms with van der Waals surface area (Å²) in [6.45, 7) is 2.26. The number of carboxylic acids is 2. The van der Waals surface area contributed by atoms with Crippen molar-refractivity contribution in [1.82, 2.24) is 5.32 Å². The average molecular weight is 504 g/mol. The molecule has 204 valence electrons. The van der Waals surface area contributed by atoms with Crippen LogP contribution in [0.15, 0.2) is 0 Å².